The molecule has 0 aliphatic heterocycles. The van der Waals surface area contributed by atoms with E-state index in [-0.39, 0.29) is 11.1 Å². The molecule has 0 amide bonds. The molecule has 4 N–H and O–H groups in total. The van der Waals surface area contributed by atoms with Crippen LogP contribution in [0.2, 0.25) is 0 Å². The van der Waals surface area contributed by atoms with E-state index < -0.39 is 10.8 Å². The predicted molar refractivity (Wildman–Crippen MR) is 85.4 cm³/mol. The summed E-state index contributed by atoms with van der Waals surface area (Å²) >= 11 is 0. The van der Waals surface area contributed by atoms with Gasteiger partial charge in [0.05, 0.1) is 12.7 Å². The Kier molecular flexibility index (Phi) is 7.18. The summed E-state index contributed by atoms with van der Waals surface area (Å²) in [4.78, 5) is 0. The molecule has 1 rings (SSSR count). The van der Waals surface area contributed by atoms with Crippen LogP contribution in [0, 0.1) is 0 Å². The van der Waals surface area contributed by atoms with Crippen molar-refractivity contribution in [2.45, 2.75) is 25.1 Å². The number of nitrogens with one attached hydrogen (secondary N) is 1. The maximum absolute atomic E-state index is 11.2. The number of hydrogen-bond acceptors (Lipinski definition) is 5. The number of methoxy groups -OCH3 is 1. The zero-order valence-electron chi connectivity index (χ0n) is 12.6. The van der Waals surface area contributed by atoms with Gasteiger partial charge in [-0.05, 0) is 30.7 Å². The van der Waals surface area contributed by atoms with Crippen LogP contribution >= 0.6 is 0 Å². The van der Waals surface area contributed by atoms with Gasteiger partial charge in [0.1, 0.15) is 5.75 Å². The summed E-state index contributed by atoms with van der Waals surface area (Å²) in [6, 6.07) is 5.50. The molecule has 21 heavy (non-hydrogen) atoms. The minimum atomic E-state index is -0.784. The lowest BCUT2D eigenvalue weighted by atomic mass is 10.1. The summed E-state index contributed by atoms with van der Waals surface area (Å²) in [6.45, 7) is 3.45. The van der Waals surface area contributed by atoms with Crippen LogP contribution in [0.1, 0.15) is 24.5 Å². The lowest BCUT2D eigenvalue weighted by Gasteiger charge is -2.11. The van der Waals surface area contributed by atoms with Crippen molar-refractivity contribution in [1.82, 2.24) is 5.32 Å². The number of ether oxygens (including phenoxy) is 1. The van der Waals surface area contributed by atoms with Gasteiger partial charge in [0.15, 0.2) is 5.84 Å². The molecule has 0 aliphatic rings. The van der Waals surface area contributed by atoms with Gasteiger partial charge in [-0.15, -0.1) is 0 Å². The molecule has 0 heterocycles. The number of hydrogen-bond donors (Lipinski definition) is 3. The molecule has 6 nitrogen and oxygen atoms in total. The van der Waals surface area contributed by atoms with Gasteiger partial charge in [-0.1, -0.05) is 18.1 Å². The second-order valence-electron chi connectivity index (χ2n) is 4.79. The zero-order chi connectivity index (χ0) is 15.8. The van der Waals surface area contributed by atoms with Gasteiger partial charge in [0.25, 0.3) is 0 Å². The van der Waals surface area contributed by atoms with E-state index >= 15 is 0 Å². The van der Waals surface area contributed by atoms with Crippen LogP contribution in [-0.4, -0.2) is 40.4 Å². The molecule has 0 spiro atoms. The van der Waals surface area contributed by atoms with Crippen molar-refractivity contribution >= 4 is 16.6 Å². The van der Waals surface area contributed by atoms with E-state index in [0.29, 0.717) is 17.9 Å². The number of amidine groups is 1. The summed E-state index contributed by atoms with van der Waals surface area (Å²) in [7, 11) is 0.757. The highest BCUT2D eigenvalue weighted by Crippen LogP contribution is 2.20. The van der Waals surface area contributed by atoms with Crippen LogP contribution in [-0.2, 0) is 17.3 Å². The fraction of sp³-hybridized carbons (Fsp3) is 0.500. The van der Waals surface area contributed by atoms with Gasteiger partial charge in [-0.2, -0.15) is 0 Å². The van der Waals surface area contributed by atoms with Crippen LogP contribution in [0.25, 0.3) is 0 Å². The molecule has 1 aromatic rings. The van der Waals surface area contributed by atoms with Crippen molar-refractivity contribution in [3.63, 3.8) is 0 Å². The van der Waals surface area contributed by atoms with Gasteiger partial charge in [0.2, 0.25) is 0 Å². The Morgan fingerprint density at radius 1 is 1.57 bits per heavy atom. The molecule has 2 atom stereocenters. The van der Waals surface area contributed by atoms with Crippen LogP contribution in [0.15, 0.2) is 23.4 Å². The normalized spacial score (nSPS) is 14.7. The van der Waals surface area contributed by atoms with Gasteiger partial charge < -0.3 is 21.0 Å². The number of nitrogens with zero attached hydrogens (tertiary/aromatic N) is 1. The van der Waals surface area contributed by atoms with E-state index in [4.69, 9.17) is 15.7 Å². The van der Waals surface area contributed by atoms with Crippen LogP contribution in [0.3, 0.4) is 0 Å². The van der Waals surface area contributed by atoms with Gasteiger partial charge in [-0.3, -0.25) is 4.21 Å². The highest BCUT2D eigenvalue weighted by atomic mass is 32.2. The molecular weight excluding hydrogens is 290 g/mol. The Morgan fingerprint density at radius 2 is 2.29 bits per heavy atom. The molecule has 0 aromatic heterocycles. The van der Waals surface area contributed by atoms with Gasteiger partial charge in [0, 0.05) is 28.9 Å². The first-order chi connectivity index (χ1) is 9.99. The molecule has 0 saturated heterocycles. The first-order valence-electron chi connectivity index (χ1n) is 6.67. The van der Waals surface area contributed by atoms with Crippen molar-refractivity contribution < 1.29 is 14.2 Å². The molecule has 0 aliphatic carbocycles. The topological polar surface area (TPSA) is 96.9 Å². The van der Waals surface area contributed by atoms with Crippen LogP contribution < -0.4 is 15.8 Å². The maximum atomic E-state index is 11.2. The highest BCUT2D eigenvalue weighted by molar-refractivity contribution is 7.84. The van der Waals surface area contributed by atoms with E-state index in [2.05, 4.69) is 10.5 Å². The number of benzene rings is 1. The lowest BCUT2D eigenvalue weighted by molar-refractivity contribution is 0.318. The summed E-state index contributed by atoms with van der Waals surface area (Å²) in [6.07, 6.45) is 2.59. The molecule has 118 valence electrons. The standard InChI is InChI=1S/C14H23N3O3S/c1-10(21(3)19)6-7-16-9-11-4-5-12(14(15)17-18)13(8-11)20-2/h4-5,8,10,16,18H,6-7,9H2,1-3H3,(H2,15,17). The largest absolute Gasteiger partial charge is 0.496 e. The van der Waals surface area contributed by atoms with Crippen molar-refractivity contribution in [2.24, 2.45) is 10.9 Å². The molecule has 1 aromatic carbocycles. The molecule has 0 saturated carbocycles. The van der Waals surface area contributed by atoms with E-state index in [1.165, 1.54) is 0 Å². The Hall–Kier alpha value is -1.60. The maximum Gasteiger partial charge on any atom is 0.173 e. The van der Waals surface area contributed by atoms with Crippen molar-refractivity contribution in [1.29, 1.82) is 0 Å². The molecule has 0 bridgehead atoms. The highest BCUT2D eigenvalue weighted by Gasteiger charge is 2.09. The molecule has 0 fully saturated rings. The summed E-state index contributed by atoms with van der Waals surface area (Å²) in [5.74, 6) is 0.582. The summed E-state index contributed by atoms with van der Waals surface area (Å²) in [5.41, 5.74) is 7.17. The average molecular weight is 313 g/mol. The third kappa shape index (κ3) is 5.35. The van der Waals surface area contributed by atoms with Crippen molar-refractivity contribution in [3.8, 4) is 5.75 Å². The third-order valence-electron chi connectivity index (χ3n) is 3.27. The average Bonchev–Trinajstić information content (AvgIpc) is 2.50. The first kappa shape index (κ1) is 17.5. The second kappa shape index (κ2) is 8.63. The Balaban J connectivity index is 2.59. The number of rotatable bonds is 8. The fourth-order valence-electron chi connectivity index (χ4n) is 1.82. The van der Waals surface area contributed by atoms with Crippen molar-refractivity contribution in [2.75, 3.05) is 19.9 Å². The zero-order valence-corrected chi connectivity index (χ0v) is 13.4. The van der Waals surface area contributed by atoms with Gasteiger partial charge in [-0.25, -0.2) is 0 Å². The van der Waals surface area contributed by atoms with Gasteiger partial charge >= 0.3 is 0 Å². The van der Waals surface area contributed by atoms with E-state index in [1.54, 1.807) is 19.4 Å². The van der Waals surface area contributed by atoms with Crippen molar-refractivity contribution in [3.05, 3.63) is 29.3 Å². The van der Waals surface area contributed by atoms with Crippen LogP contribution in [0.5, 0.6) is 5.75 Å². The number of nitrogens with two attached hydrogens (primary N) is 1. The Labute approximate surface area is 127 Å². The monoisotopic (exact) mass is 313 g/mol. The quantitative estimate of drug-likeness (QED) is 0.219. The minimum Gasteiger partial charge on any atom is -0.496 e. The smallest absolute Gasteiger partial charge is 0.173 e. The first-order valence-corrected chi connectivity index (χ1v) is 8.29. The minimum absolute atomic E-state index is 0.0191. The Bertz CT molecular complexity index is 520. The molecular formula is C14H23N3O3S. The Morgan fingerprint density at radius 3 is 2.86 bits per heavy atom. The van der Waals surface area contributed by atoms with Crippen LogP contribution in [0.4, 0.5) is 0 Å². The predicted octanol–water partition coefficient (Wildman–Crippen LogP) is 1.04. The summed E-state index contributed by atoms with van der Waals surface area (Å²) in [5, 5.41) is 15.2. The SMILES string of the molecule is COc1cc(CNCCC(C)S(C)=O)ccc1/C(N)=N/O. The fourth-order valence-corrected chi connectivity index (χ4v) is 2.26. The second-order valence-corrected chi connectivity index (χ2v) is 6.60. The lowest BCUT2D eigenvalue weighted by Crippen LogP contribution is -2.21. The van der Waals surface area contributed by atoms with E-state index in [9.17, 15) is 4.21 Å². The third-order valence-corrected chi connectivity index (χ3v) is 4.64. The molecule has 0 radical (unpaired) electrons. The van der Waals surface area contributed by atoms with E-state index in [0.717, 1.165) is 18.5 Å². The van der Waals surface area contributed by atoms with E-state index in [1.807, 2.05) is 19.1 Å². The molecule has 7 heteroatoms. The molecule has 2 unspecified atom stereocenters. The number of oxime groups is 1. The summed E-state index contributed by atoms with van der Waals surface area (Å²) < 4.78 is 16.5.